The molecule has 0 amide bonds. The minimum absolute atomic E-state index is 0.323. The second-order valence-electron chi connectivity index (χ2n) is 5.60. The lowest BCUT2D eigenvalue weighted by molar-refractivity contribution is 0.296. The third-order valence-electron chi connectivity index (χ3n) is 2.64. The first-order chi connectivity index (χ1) is 8.06. The maximum Gasteiger partial charge on any atom is 0.0438 e. The summed E-state index contributed by atoms with van der Waals surface area (Å²) in [4.78, 5) is 0. The third-order valence-corrected chi connectivity index (χ3v) is 3.71. The highest BCUT2D eigenvalue weighted by molar-refractivity contribution is 7.99. The average Bonchev–Trinajstić information content (AvgIpc) is 2.21. The van der Waals surface area contributed by atoms with E-state index in [-0.39, 0.29) is 0 Å². The summed E-state index contributed by atoms with van der Waals surface area (Å²) in [5.41, 5.74) is 0. The molecule has 3 heteroatoms. The molecule has 0 aliphatic rings. The van der Waals surface area contributed by atoms with E-state index in [0.717, 1.165) is 36.3 Å². The molecule has 0 aromatic heterocycles. The zero-order valence-electron chi connectivity index (χ0n) is 12.0. The first-order valence-corrected chi connectivity index (χ1v) is 8.13. The van der Waals surface area contributed by atoms with Gasteiger partial charge in [-0.3, -0.25) is 0 Å². The number of thioether (sulfide) groups is 1. The molecular formula is C14H31NOS. The van der Waals surface area contributed by atoms with Crippen LogP contribution in [0.5, 0.6) is 0 Å². The summed E-state index contributed by atoms with van der Waals surface area (Å²) in [6.07, 6.45) is 3.48. The Morgan fingerprint density at radius 2 is 1.59 bits per heavy atom. The van der Waals surface area contributed by atoms with Crippen molar-refractivity contribution in [2.24, 2.45) is 11.8 Å². The van der Waals surface area contributed by atoms with Crippen molar-refractivity contribution in [3.8, 4) is 0 Å². The van der Waals surface area contributed by atoms with Crippen LogP contribution >= 0.6 is 11.8 Å². The molecule has 0 radical (unpaired) electrons. The Balaban J connectivity index is 3.60. The van der Waals surface area contributed by atoms with Crippen molar-refractivity contribution < 1.29 is 5.11 Å². The molecule has 0 saturated heterocycles. The van der Waals surface area contributed by atoms with E-state index in [2.05, 4.69) is 33.0 Å². The Bertz CT molecular complexity index is 152. The Kier molecular flexibility index (Phi) is 11.5. The quantitative estimate of drug-likeness (QED) is 0.560. The maximum absolute atomic E-state index is 8.68. The molecular weight excluding hydrogens is 230 g/mol. The van der Waals surface area contributed by atoms with Crippen molar-refractivity contribution >= 4 is 11.8 Å². The third kappa shape index (κ3) is 12.5. The van der Waals surface area contributed by atoms with E-state index < -0.39 is 0 Å². The van der Waals surface area contributed by atoms with Gasteiger partial charge in [0.2, 0.25) is 0 Å². The number of hydrogen-bond donors (Lipinski definition) is 2. The van der Waals surface area contributed by atoms with Gasteiger partial charge < -0.3 is 10.4 Å². The molecule has 0 atom stereocenters. The fourth-order valence-corrected chi connectivity index (χ4v) is 2.80. The van der Waals surface area contributed by atoms with Gasteiger partial charge in [0.25, 0.3) is 0 Å². The van der Waals surface area contributed by atoms with Gasteiger partial charge in [-0.2, -0.15) is 11.8 Å². The second kappa shape index (κ2) is 11.4. The van der Waals surface area contributed by atoms with Gasteiger partial charge >= 0.3 is 0 Å². The van der Waals surface area contributed by atoms with Crippen molar-refractivity contribution in [3.63, 3.8) is 0 Å². The molecule has 0 spiro atoms. The van der Waals surface area contributed by atoms with Crippen LogP contribution in [0.1, 0.15) is 47.0 Å². The van der Waals surface area contributed by atoms with E-state index >= 15 is 0 Å². The van der Waals surface area contributed by atoms with E-state index in [9.17, 15) is 0 Å². The minimum Gasteiger partial charge on any atom is -0.396 e. The lowest BCUT2D eigenvalue weighted by Gasteiger charge is -2.22. The molecule has 0 rings (SSSR count). The standard InChI is InChI=1S/C14H31NOS/c1-12(2)10-14(11-13(3)4)15-6-9-17-8-5-7-16/h12-16H,5-11H2,1-4H3. The zero-order valence-corrected chi connectivity index (χ0v) is 12.9. The molecule has 0 aromatic carbocycles. The van der Waals surface area contributed by atoms with E-state index in [0.29, 0.717) is 12.6 Å². The van der Waals surface area contributed by atoms with E-state index in [1.165, 1.54) is 12.8 Å². The highest BCUT2D eigenvalue weighted by Crippen LogP contribution is 2.13. The summed E-state index contributed by atoms with van der Waals surface area (Å²) in [6.45, 7) is 10.6. The lowest BCUT2D eigenvalue weighted by atomic mass is 9.96. The predicted molar refractivity (Wildman–Crippen MR) is 79.7 cm³/mol. The molecule has 0 aliphatic carbocycles. The van der Waals surface area contributed by atoms with Crippen LogP contribution in [0.25, 0.3) is 0 Å². The van der Waals surface area contributed by atoms with Crippen LogP contribution in [0.15, 0.2) is 0 Å². The number of aliphatic hydroxyl groups is 1. The molecule has 17 heavy (non-hydrogen) atoms. The van der Waals surface area contributed by atoms with Crippen molar-refractivity contribution in [2.75, 3.05) is 24.7 Å². The first-order valence-electron chi connectivity index (χ1n) is 6.98. The molecule has 0 bridgehead atoms. The first kappa shape index (κ1) is 17.3. The van der Waals surface area contributed by atoms with Gasteiger partial charge in [-0.15, -0.1) is 0 Å². The van der Waals surface area contributed by atoms with Crippen LogP contribution in [0.3, 0.4) is 0 Å². The van der Waals surface area contributed by atoms with Gasteiger partial charge in [-0.05, 0) is 36.9 Å². The van der Waals surface area contributed by atoms with Crippen molar-refractivity contribution in [1.29, 1.82) is 0 Å². The van der Waals surface area contributed by atoms with Crippen LogP contribution in [0, 0.1) is 11.8 Å². The summed E-state index contributed by atoms with van der Waals surface area (Å²) in [6, 6.07) is 0.674. The summed E-state index contributed by atoms with van der Waals surface area (Å²) in [5.74, 6) is 3.78. The molecule has 2 N–H and O–H groups in total. The molecule has 0 heterocycles. The van der Waals surface area contributed by atoms with Gasteiger partial charge in [-0.1, -0.05) is 27.7 Å². The van der Waals surface area contributed by atoms with Gasteiger partial charge in [-0.25, -0.2) is 0 Å². The Morgan fingerprint density at radius 1 is 1.00 bits per heavy atom. The monoisotopic (exact) mass is 261 g/mol. The summed E-state index contributed by atoms with van der Waals surface area (Å²) < 4.78 is 0. The molecule has 2 nitrogen and oxygen atoms in total. The van der Waals surface area contributed by atoms with Crippen LogP contribution in [-0.4, -0.2) is 35.8 Å². The minimum atomic E-state index is 0.323. The molecule has 0 aromatic rings. The SMILES string of the molecule is CC(C)CC(CC(C)C)NCCSCCCO. The Morgan fingerprint density at radius 3 is 2.06 bits per heavy atom. The number of nitrogens with one attached hydrogen (secondary N) is 1. The van der Waals surface area contributed by atoms with Gasteiger partial charge in [0.15, 0.2) is 0 Å². The summed E-state index contributed by atoms with van der Waals surface area (Å²) >= 11 is 1.94. The Labute approximate surface area is 112 Å². The normalized spacial score (nSPS) is 12.0. The zero-order chi connectivity index (χ0) is 13.1. The lowest BCUT2D eigenvalue weighted by Crippen LogP contribution is -2.33. The van der Waals surface area contributed by atoms with Crippen LogP contribution in [0.4, 0.5) is 0 Å². The van der Waals surface area contributed by atoms with E-state index in [1.807, 2.05) is 11.8 Å². The highest BCUT2D eigenvalue weighted by atomic mass is 32.2. The topological polar surface area (TPSA) is 32.3 Å². The largest absolute Gasteiger partial charge is 0.396 e. The van der Waals surface area contributed by atoms with Crippen LogP contribution in [-0.2, 0) is 0 Å². The van der Waals surface area contributed by atoms with E-state index in [4.69, 9.17) is 5.11 Å². The molecule has 0 unspecified atom stereocenters. The predicted octanol–water partition coefficient (Wildman–Crippen LogP) is 3.15. The van der Waals surface area contributed by atoms with Crippen molar-refractivity contribution in [1.82, 2.24) is 5.32 Å². The molecule has 0 saturated carbocycles. The van der Waals surface area contributed by atoms with E-state index in [1.54, 1.807) is 0 Å². The smallest absolute Gasteiger partial charge is 0.0438 e. The number of hydrogen-bond acceptors (Lipinski definition) is 3. The maximum atomic E-state index is 8.68. The number of rotatable bonds is 11. The highest BCUT2D eigenvalue weighted by Gasteiger charge is 2.11. The summed E-state index contributed by atoms with van der Waals surface area (Å²) in [7, 11) is 0. The number of aliphatic hydroxyl groups excluding tert-OH is 1. The second-order valence-corrected chi connectivity index (χ2v) is 6.82. The van der Waals surface area contributed by atoms with Crippen molar-refractivity contribution in [2.45, 2.75) is 53.0 Å². The fourth-order valence-electron chi connectivity index (χ4n) is 2.00. The van der Waals surface area contributed by atoms with Gasteiger partial charge in [0, 0.05) is 24.9 Å². The average molecular weight is 261 g/mol. The van der Waals surface area contributed by atoms with Gasteiger partial charge in [0.1, 0.15) is 0 Å². The molecule has 0 fully saturated rings. The Hall–Kier alpha value is 0.270. The fraction of sp³-hybridized carbons (Fsp3) is 1.00. The van der Waals surface area contributed by atoms with Crippen molar-refractivity contribution in [3.05, 3.63) is 0 Å². The van der Waals surface area contributed by atoms with Gasteiger partial charge in [0.05, 0.1) is 0 Å². The van der Waals surface area contributed by atoms with Crippen LogP contribution in [0.2, 0.25) is 0 Å². The summed E-state index contributed by atoms with van der Waals surface area (Å²) in [5, 5.41) is 12.4. The van der Waals surface area contributed by atoms with Crippen LogP contribution < -0.4 is 5.32 Å². The molecule has 104 valence electrons. The molecule has 0 aliphatic heterocycles.